The second kappa shape index (κ2) is 6.46. The fourth-order valence-electron chi connectivity index (χ4n) is 4.38. The fourth-order valence-corrected chi connectivity index (χ4v) is 4.74. The molecule has 2 aromatic carbocycles. The summed E-state index contributed by atoms with van der Waals surface area (Å²) in [5.41, 5.74) is 13.3. The van der Waals surface area contributed by atoms with E-state index < -0.39 is 0 Å². The van der Waals surface area contributed by atoms with Crippen molar-refractivity contribution < 1.29 is 0 Å². The Hall–Kier alpha value is -3.58. The maximum atomic E-state index is 6.42. The number of para-hydroxylation sites is 1. The maximum Gasteiger partial charge on any atom is 0.158 e. The molecule has 0 saturated heterocycles. The van der Waals surface area contributed by atoms with Gasteiger partial charge in [-0.1, -0.05) is 34.1 Å². The van der Waals surface area contributed by atoms with Gasteiger partial charge in [-0.2, -0.15) is 9.61 Å². The van der Waals surface area contributed by atoms with Crippen LogP contribution in [-0.4, -0.2) is 23.7 Å². The molecule has 6 rings (SSSR count). The average Bonchev–Trinajstić information content (AvgIpc) is 3.42. The van der Waals surface area contributed by atoms with Gasteiger partial charge in [-0.05, 0) is 24.3 Å². The van der Waals surface area contributed by atoms with Crippen LogP contribution in [0, 0.1) is 0 Å². The quantitative estimate of drug-likeness (QED) is 0.368. The molecule has 4 heterocycles. The van der Waals surface area contributed by atoms with Crippen LogP contribution in [-0.2, 0) is 14.1 Å². The molecule has 6 nitrogen and oxygen atoms in total. The van der Waals surface area contributed by atoms with Gasteiger partial charge < -0.3 is 14.9 Å². The molecule has 152 valence electrons. The van der Waals surface area contributed by atoms with Gasteiger partial charge in [0.05, 0.1) is 11.4 Å². The van der Waals surface area contributed by atoms with Gasteiger partial charge in [0.2, 0.25) is 0 Å². The Morgan fingerprint density at radius 3 is 2.32 bits per heavy atom. The number of benzene rings is 2. The van der Waals surface area contributed by atoms with Crippen molar-refractivity contribution >= 4 is 49.2 Å². The van der Waals surface area contributed by atoms with Crippen molar-refractivity contribution in [1.82, 2.24) is 23.7 Å². The van der Waals surface area contributed by atoms with E-state index in [1.54, 1.807) is 4.52 Å². The number of fused-ring (bicyclic) bond motifs is 3. The summed E-state index contributed by atoms with van der Waals surface area (Å²) in [6, 6.07) is 18.5. The molecule has 0 spiro atoms. The van der Waals surface area contributed by atoms with Crippen LogP contribution < -0.4 is 5.73 Å². The van der Waals surface area contributed by atoms with Crippen molar-refractivity contribution in [3.63, 3.8) is 0 Å². The molecule has 0 radical (unpaired) electrons. The highest BCUT2D eigenvalue weighted by Gasteiger charge is 2.16. The van der Waals surface area contributed by atoms with E-state index in [2.05, 4.69) is 61.7 Å². The van der Waals surface area contributed by atoms with Crippen LogP contribution in [0.2, 0.25) is 0 Å². The molecule has 0 atom stereocenters. The van der Waals surface area contributed by atoms with Crippen LogP contribution in [0.5, 0.6) is 0 Å². The number of hydrogen-bond acceptors (Lipinski definition) is 3. The van der Waals surface area contributed by atoms with Crippen molar-refractivity contribution in [3.8, 4) is 22.5 Å². The Morgan fingerprint density at radius 1 is 0.806 bits per heavy atom. The SMILES string of the molecule is Cn1cc(-c2cc(N)n3nc(-c4cn(C)c5ccccc45)cc3n2)c2cc(Br)ccc21. The Kier molecular flexibility index (Phi) is 3.79. The van der Waals surface area contributed by atoms with Crippen molar-refractivity contribution in [2.45, 2.75) is 0 Å². The normalized spacial score (nSPS) is 11.8. The topological polar surface area (TPSA) is 66.1 Å². The molecule has 6 aromatic rings. The minimum atomic E-state index is 0.554. The third kappa shape index (κ3) is 2.70. The van der Waals surface area contributed by atoms with Gasteiger partial charge >= 0.3 is 0 Å². The third-order valence-electron chi connectivity index (χ3n) is 5.86. The number of nitrogen functional groups attached to an aromatic ring is 1. The first kappa shape index (κ1) is 18.2. The Bertz CT molecular complexity index is 1640. The molecule has 0 unspecified atom stereocenters. The summed E-state index contributed by atoms with van der Waals surface area (Å²) >= 11 is 3.58. The summed E-state index contributed by atoms with van der Waals surface area (Å²) in [6.07, 6.45) is 4.20. The number of rotatable bonds is 2. The zero-order valence-electron chi connectivity index (χ0n) is 17.0. The van der Waals surface area contributed by atoms with Crippen LogP contribution >= 0.6 is 15.9 Å². The molecule has 0 aliphatic heterocycles. The van der Waals surface area contributed by atoms with Gasteiger partial charge in [0, 0.05) is 76.0 Å². The number of nitrogens with zero attached hydrogens (tertiary/aromatic N) is 5. The van der Waals surface area contributed by atoms with E-state index in [4.69, 9.17) is 15.8 Å². The van der Waals surface area contributed by atoms with Crippen LogP contribution in [0.3, 0.4) is 0 Å². The van der Waals surface area contributed by atoms with Crippen LogP contribution in [0.4, 0.5) is 5.82 Å². The lowest BCUT2D eigenvalue weighted by Crippen LogP contribution is -2.01. The van der Waals surface area contributed by atoms with E-state index in [1.807, 2.05) is 44.4 Å². The van der Waals surface area contributed by atoms with E-state index in [-0.39, 0.29) is 0 Å². The lowest BCUT2D eigenvalue weighted by atomic mass is 10.1. The second-order valence-electron chi connectivity index (χ2n) is 7.85. The largest absolute Gasteiger partial charge is 0.384 e. The molecule has 7 heteroatoms. The first-order valence-corrected chi connectivity index (χ1v) is 10.7. The Morgan fingerprint density at radius 2 is 1.52 bits per heavy atom. The molecule has 31 heavy (non-hydrogen) atoms. The molecule has 0 aliphatic rings. The van der Waals surface area contributed by atoms with Crippen LogP contribution in [0.1, 0.15) is 0 Å². The molecule has 0 aliphatic carbocycles. The Balaban J connectivity index is 1.56. The van der Waals surface area contributed by atoms with Gasteiger partial charge in [-0.3, -0.25) is 0 Å². The zero-order chi connectivity index (χ0) is 21.3. The first-order chi connectivity index (χ1) is 15.0. The minimum Gasteiger partial charge on any atom is -0.384 e. The number of nitrogens with two attached hydrogens (primary N) is 1. The zero-order valence-corrected chi connectivity index (χ0v) is 18.6. The van der Waals surface area contributed by atoms with Gasteiger partial charge in [0.1, 0.15) is 5.82 Å². The smallest absolute Gasteiger partial charge is 0.158 e. The van der Waals surface area contributed by atoms with Crippen LogP contribution in [0.15, 0.2) is 71.5 Å². The molecule has 4 aromatic heterocycles. The molecule has 0 fully saturated rings. The standard InChI is InChI=1S/C24H19BrN6/c1-29-12-17(15-5-3-4-6-21(15)29)20-11-24-27-19(10-23(26)31(24)28-20)18-13-30(2)22-8-7-14(25)9-16(18)22/h3-13H,26H2,1-2H3. The van der Waals surface area contributed by atoms with E-state index in [9.17, 15) is 0 Å². The highest BCUT2D eigenvalue weighted by molar-refractivity contribution is 9.10. The van der Waals surface area contributed by atoms with Gasteiger partial charge in [-0.15, -0.1) is 0 Å². The second-order valence-corrected chi connectivity index (χ2v) is 8.77. The summed E-state index contributed by atoms with van der Waals surface area (Å²) < 4.78 is 6.97. The highest BCUT2D eigenvalue weighted by atomic mass is 79.9. The number of halogens is 1. The van der Waals surface area contributed by atoms with Crippen LogP contribution in [0.25, 0.3) is 50.0 Å². The molecule has 2 N–H and O–H groups in total. The maximum absolute atomic E-state index is 6.42. The number of hydrogen-bond donors (Lipinski definition) is 1. The van der Waals surface area contributed by atoms with Gasteiger partial charge in [0.25, 0.3) is 0 Å². The molecule has 0 bridgehead atoms. The highest BCUT2D eigenvalue weighted by Crippen LogP contribution is 2.34. The van der Waals surface area contributed by atoms with Crippen molar-refractivity contribution in [2.75, 3.05) is 5.73 Å². The lowest BCUT2D eigenvalue weighted by molar-refractivity contribution is 0.950. The Labute approximate surface area is 186 Å². The molecule has 0 amide bonds. The van der Waals surface area contributed by atoms with Crippen molar-refractivity contribution in [2.24, 2.45) is 14.1 Å². The van der Waals surface area contributed by atoms with Gasteiger partial charge in [0.15, 0.2) is 5.65 Å². The predicted octanol–water partition coefficient (Wildman–Crippen LogP) is 5.39. The number of anilines is 1. The van der Waals surface area contributed by atoms with E-state index in [0.29, 0.717) is 5.82 Å². The minimum absolute atomic E-state index is 0.554. The summed E-state index contributed by atoms with van der Waals surface area (Å²) in [5, 5.41) is 7.05. The monoisotopic (exact) mass is 470 g/mol. The van der Waals surface area contributed by atoms with Gasteiger partial charge in [-0.25, -0.2) is 4.98 Å². The number of aryl methyl sites for hydroxylation is 2. The molecular formula is C24H19BrN6. The summed E-state index contributed by atoms with van der Waals surface area (Å²) in [6.45, 7) is 0. The summed E-state index contributed by atoms with van der Waals surface area (Å²) in [7, 11) is 4.09. The first-order valence-electron chi connectivity index (χ1n) is 9.95. The van der Waals surface area contributed by atoms with Crippen molar-refractivity contribution in [3.05, 3.63) is 71.5 Å². The van der Waals surface area contributed by atoms with E-state index in [0.717, 1.165) is 54.4 Å². The third-order valence-corrected chi connectivity index (χ3v) is 6.35. The molecule has 0 saturated carbocycles. The summed E-state index contributed by atoms with van der Waals surface area (Å²) in [5.74, 6) is 0.554. The lowest BCUT2D eigenvalue weighted by Gasteiger charge is -2.03. The van der Waals surface area contributed by atoms with Crippen molar-refractivity contribution in [1.29, 1.82) is 0 Å². The predicted molar refractivity (Wildman–Crippen MR) is 129 cm³/mol. The molecular weight excluding hydrogens is 452 g/mol. The fraction of sp³-hybridized carbons (Fsp3) is 0.0833. The number of aromatic nitrogens is 5. The average molecular weight is 471 g/mol. The summed E-state index contributed by atoms with van der Waals surface area (Å²) in [4.78, 5) is 4.92. The van der Waals surface area contributed by atoms with E-state index in [1.165, 1.54) is 0 Å². The van der Waals surface area contributed by atoms with E-state index >= 15 is 0 Å².